The maximum absolute atomic E-state index is 12.3. The van der Waals surface area contributed by atoms with Gasteiger partial charge in [-0.2, -0.15) is 0 Å². The standard InChI is InChI=1S/C13H16BrNO3/c1-15(7-3-6-14)13(16)10-4-2-5-11-12(10)18-9-8-17-11/h2,4-5H,3,6-9H2,1H3. The van der Waals surface area contributed by atoms with E-state index in [4.69, 9.17) is 9.47 Å². The lowest BCUT2D eigenvalue weighted by Gasteiger charge is -2.23. The number of para-hydroxylation sites is 1. The van der Waals surface area contributed by atoms with Crippen LogP contribution in [0.3, 0.4) is 0 Å². The van der Waals surface area contributed by atoms with E-state index in [1.807, 2.05) is 12.1 Å². The molecule has 0 aliphatic carbocycles. The first kappa shape index (κ1) is 13.2. The number of hydrogen-bond donors (Lipinski definition) is 0. The summed E-state index contributed by atoms with van der Waals surface area (Å²) < 4.78 is 11.0. The number of hydrogen-bond acceptors (Lipinski definition) is 3. The van der Waals surface area contributed by atoms with Gasteiger partial charge < -0.3 is 14.4 Å². The molecule has 5 heteroatoms. The zero-order valence-electron chi connectivity index (χ0n) is 10.3. The number of alkyl halides is 1. The third kappa shape index (κ3) is 2.77. The minimum absolute atomic E-state index is 0.0294. The summed E-state index contributed by atoms with van der Waals surface area (Å²) in [7, 11) is 1.80. The van der Waals surface area contributed by atoms with Crippen molar-refractivity contribution >= 4 is 21.8 Å². The lowest BCUT2D eigenvalue weighted by molar-refractivity contribution is 0.0785. The fraction of sp³-hybridized carbons (Fsp3) is 0.462. The van der Waals surface area contributed by atoms with Gasteiger partial charge in [0.25, 0.3) is 5.91 Å². The molecule has 1 aromatic rings. The summed E-state index contributed by atoms with van der Waals surface area (Å²) in [6, 6.07) is 5.42. The third-order valence-corrected chi connectivity index (χ3v) is 3.33. The van der Waals surface area contributed by atoms with Gasteiger partial charge in [0, 0.05) is 18.9 Å². The lowest BCUT2D eigenvalue weighted by atomic mass is 10.1. The summed E-state index contributed by atoms with van der Waals surface area (Å²) in [5.41, 5.74) is 0.573. The second-order valence-electron chi connectivity index (χ2n) is 4.10. The van der Waals surface area contributed by atoms with Gasteiger partial charge in [0.15, 0.2) is 11.5 Å². The summed E-state index contributed by atoms with van der Waals surface area (Å²) >= 11 is 3.36. The van der Waals surface area contributed by atoms with Crippen LogP contribution < -0.4 is 9.47 Å². The second kappa shape index (κ2) is 6.09. The van der Waals surface area contributed by atoms with E-state index in [-0.39, 0.29) is 5.91 Å². The van der Waals surface area contributed by atoms with Crippen molar-refractivity contribution in [1.29, 1.82) is 0 Å². The van der Waals surface area contributed by atoms with Crippen molar-refractivity contribution < 1.29 is 14.3 Å². The summed E-state index contributed by atoms with van der Waals surface area (Å²) in [5.74, 6) is 1.19. The maximum Gasteiger partial charge on any atom is 0.257 e. The zero-order valence-corrected chi connectivity index (χ0v) is 11.9. The normalized spacial score (nSPS) is 13.2. The van der Waals surface area contributed by atoms with Gasteiger partial charge in [-0.1, -0.05) is 22.0 Å². The Labute approximate surface area is 115 Å². The summed E-state index contributed by atoms with van der Waals surface area (Å²) in [6.45, 7) is 1.74. The molecule has 0 radical (unpaired) electrons. The molecule has 1 heterocycles. The Balaban J connectivity index is 2.19. The molecular formula is C13H16BrNO3. The first-order chi connectivity index (χ1) is 8.74. The van der Waals surface area contributed by atoms with Gasteiger partial charge in [-0.15, -0.1) is 0 Å². The highest BCUT2D eigenvalue weighted by Crippen LogP contribution is 2.34. The fourth-order valence-corrected chi connectivity index (χ4v) is 2.10. The Morgan fingerprint density at radius 2 is 2.17 bits per heavy atom. The SMILES string of the molecule is CN(CCCBr)C(=O)c1cccc2c1OCCO2. The Bertz CT molecular complexity index is 436. The van der Waals surface area contributed by atoms with Gasteiger partial charge in [0.2, 0.25) is 0 Å². The summed E-state index contributed by atoms with van der Waals surface area (Å²) in [5, 5.41) is 0.886. The molecule has 2 rings (SSSR count). The number of carbonyl (C=O) groups is 1. The van der Waals surface area contributed by atoms with Crippen molar-refractivity contribution in [3.8, 4) is 11.5 Å². The van der Waals surface area contributed by atoms with Crippen LogP contribution in [0.25, 0.3) is 0 Å². The molecule has 0 fully saturated rings. The van der Waals surface area contributed by atoms with Crippen molar-refractivity contribution in [2.24, 2.45) is 0 Å². The highest BCUT2D eigenvalue weighted by atomic mass is 79.9. The van der Waals surface area contributed by atoms with Crippen LogP contribution in [0.2, 0.25) is 0 Å². The van der Waals surface area contributed by atoms with Gasteiger partial charge in [-0.05, 0) is 18.6 Å². The van der Waals surface area contributed by atoms with E-state index in [2.05, 4.69) is 15.9 Å². The molecule has 4 nitrogen and oxygen atoms in total. The molecule has 0 atom stereocenters. The average Bonchev–Trinajstić information content (AvgIpc) is 2.43. The second-order valence-corrected chi connectivity index (χ2v) is 4.89. The van der Waals surface area contributed by atoms with Crippen molar-refractivity contribution in [2.45, 2.75) is 6.42 Å². The highest BCUT2D eigenvalue weighted by molar-refractivity contribution is 9.09. The van der Waals surface area contributed by atoms with E-state index < -0.39 is 0 Å². The number of benzene rings is 1. The molecule has 1 aromatic carbocycles. The fourth-order valence-electron chi connectivity index (χ4n) is 1.85. The topological polar surface area (TPSA) is 38.8 Å². The maximum atomic E-state index is 12.3. The van der Waals surface area contributed by atoms with Crippen molar-refractivity contribution in [3.05, 3.63) is 23.8 Å². The van der Waals surface area contributed by atoms with Gasteiger partial charge in [0.05, 0.1) is 5.56 Å². The first-order valence-corrected chi connectivity index (χ1v) is 7.06. The molecule has 0 bridgehead atoms. The van der Waals surface area contributed by atoms with Crippen molar-refractivity contribution in [1.82, 2.24) is 4.90 Å². The molecule has 1 aliphatic heterocycles. The Kier molecular flexibility index (Phi) is 4.47. The smallest absolute Gasteiger partial charge is 0.257 e. The number of ether oxygens (including phenoxy) is 2. The number of amides is 1. The zero-order chi connectivity index (χ0) is 13.0. The van der Waals surface area contributed by atoms with E-state index in [1.54, 1.807) is 18.0 Å². The van der Waals surface area contributed by atoms with E-state index in [1.165, 1.54) is 0 Å². The van der Waals surface area contributed by atoms with Gasteiger partial charge in [0.1, 0.15) is 13.2 Å². The highest BCUT2D eigenvalue weighted by Gasteiger charge is 2.22. The molecule has 0 saturated heterocycles. The Morgan fingerprint density at radius 3 is 2.94 bits per heavy atom. The van der Waals surface area contributed by atoms with Gasteiger partial charge >= 0.3 is 0 Å². The molecule has 0 spiro atoms. The third-order valence-electron chi connectivity index (χ3n) is 2.77. The Morgan fingerprint density at radius 1 is 1.39 bits per heavy atom. The molecule has 1 aliphatic rings. The number of nitrogens with zero attached hydrogens (tertiary/aromatic N) is 1. The first-order valence-electron chi connectivity index (χ1n) is 5.94. The Hall–Kier alpha value is -1.23. The van der Waals surface area contributed by atoms with Crippen LogP contribution in [0.1, 0.15) is 16.8 Å². The minimum atomic E-state index is -0.0294. The summed E-state index contributed by atoms with van der Waals surface area (Å²) in [6.07, 6.45) is 0.925. The monoisotopic (exact) mass is 313 g/mol. The van der Waals surface area contributed by atoms with E-state index >= 15 is 0 Å². The van der Waals surface area contributed by atoms with Gasteiger partial charge in [-0.3, -0.25) is 4.79 Å². The van der Waals surface area contributed by atoms with Crippen LogP contribution in [0.15, 0.2) is 18.2 Å². The predicted molar refractivity (Wildman–Crippen MR) is 72.8 cm³/mol. The van der Waals surface area contributed by atoms with Crippen LogP contribution in [0, 0.1) is 0 Å². The molecule has 0 N–H and O–H groups in total. The number of halogens is 1. The molecular weight excluding hydrogens is 298 g/mol. The number of carbonyl (C=O) groups excluding carboxylic acids is 1. The van der Waals surface area contributed by atoms with Crippen LogP contribution >= 0.6 is 15.9 Å². The van der Waals surface area contributed by atoms with Crippen LogP contribution in [0.4, 0.5) is 0 Å². The lowest BCUT2D eigenvalue weighted by Crippen LogP contribution is -2.29. The van der Waals surface area contributed by atoms with Gasteiger partial charge in [-0.25, -0.2) is 0 Å². The van der Waals surface area contributed by atoms with Crippen molar-refractivity contribution in [2.75, 3.05) is 32.1 Å². The van der Waals surface area contributed by atoms with E-state index in [0.29, 0.717) is 36.8 Å². The molecule has 0 saturated carbocycles. The van der Waals surface area contributed by atoms with Crippen LogP contribution in [-0.2, 0) is 0 Å². The van der Waals surface area contributed by atoms with Crippen molar-refractivity contribution in [3.63, 3.8) is 0 Å². The number of fused-ring (bicyclic) bond motifs is 1. The molecule has 0 aromatic heterocycles. The van der Waals surface area contributed by atoms with E-state index in [0.717, 1.165) is 11.8 Å². The predicted octanol–water partition coefficient (Wildman–Crippen LogP) is 2.31. The minimum Gasteiger partial charge on any atom is -0.486 e. The largest absolute Gasteiger partial charge is 0.486 e. The van der Waals surface area contributed by atoms with Crippen LogP contribution in [-0.4, -0.2) is 42.9 Å². The molecule has 18 heavy (non-hydrogen) atoms. The summed E-state index contributed by atoms with van der Waals surface area (Å²) in [4.78, 5) is 14.0. The van der Waals surface area contributed by atoms with E-state index in [9.17, 15) is 4.79 Å². The van der Waals surface area contributed by atoms with Crippen LogP contribution in [0.5, 0.6) is 11.5 Å². The molecule has 98 valence electrons. The quantitative estimate of drug-likeness (QED) is 0.801. The molecule has 1 amide bonds. The molecule has 0 unspecified atom stereocenters. The average molecular weight is 314 g/mol. The number of rotatable bonds is 4.